The van der Waals surface area contributed by atoms with E-state index in [4.69, 9.17) is 11.6 Å². The van der Waals surface area contributed by atoms with E-state index in [0.717, 1.165) is 5.56 Å². The van der Waals surface area contributed by atoms with Crippen molar-refractivity contribution in [2.75, 3.05) is 5.32 Å². The first-order chi connectivity index (χ1) is 9.56. The molecule has 1 heterocycles. The number of benzene rings is 1. The summed E-state index contributed by atoms with van der Waals surface area (Å²) in [4.78, 5) is 15.7. The summed E-state index contributed by atoms with van der Waals surface area (Å²) in [6.07, 6.45) is 1.62. The summed E-state index contributed by atoms with van der Waals surface area (Å²) in [6.45, 7) is 3.62. The number of carbonyl (C=O) groups excluding carboxylic acids is 1. The van der Waals surface area contributed by atoms with Crippen molar-refractivity contribution in [1.29, 1.82) is 0 Å². The van der Waals surface area contributed by atoms with Crippen molar-refractivity contribution in [2.45, 2.75) is 13.8 Å². The Morgan fingerprint density at radius 2 is 2.15 bits per heavy atom. The smallest absolute Gasteiger partial charge is 0.233 e. The Balaban J connectivity index is 2.06. The van der Waals surface area contributed by atoms with Gasteiger partial charge in [-0.2, -0.15) is 0 Å². The number of hydrogen-bond donors (Lipinski definition) is 1. The zero-order chi connectivity index (χ0) is 14.5. The third kappa shape index (κ3) is 3.85. The van der Waals surface area contributed by atoms with Gasteiger partial charge < -0.3 is 5.32 Å². The maximum atomic E-state index is 11.5. The van der Waals surface area contributed by atoms with Gasteiger partial charge in [0, 0.05) is 22.7 Å². The van der Waals surface area contributed by atoms with Crippen molar-refractivity contribution in [3.05, 3.63) is 34.9 Å². The van der Waals surface area contributed by atoms with Crippen molar-refractivity contribution in [3.8, 4) is 0 Å². The Kier molecular flexibility index (Phi) is 4.81. The van der Waals surface area contributed by atoms with E-state index < -0.39 is 0 Å². The molecule has 1 aromatic carbocycles. The predicted octanol–water partition coefficient (Wildman–Crippen LogP) is 3.54. The van der Waals surface area contributed by atoms with Gasteiger partial charge >= 0.3 is 0 Å². The van der Waals surface area contributed by atoms with Crippen LogP contribution >= 0.6 is 22.9 Å². The number of amides is 1. The summed E-state index contributed by atoms with van der Waals surface area (Å²) in [5.41, 5.74) is 0.803. The minimum absolute atomic E-state index is 0.0946. The lowest BCUT2D eigenvalue weighted by Gasteiger charge is -2.02. The van der Waals surface area contributed by atoms with Crippen LogP contribution in [-0.4, -0.2) is 22.3 Å². The normalized spacial score (nSPS) is 11.2. The van der Waals surface area contributed by atoms with Crippen molar-refractivity contribution >= 4 is 45.3 Å². The summed E-state index contributed by atoms with van der Waals surface area (Å²) in [6, 6.07) is 7.37. The highest BCUT2D eigenvalue weighted by molar-refractivity contribution is 7.18. The second kappa shape index (κ2) is 6.58. The molecular weight excluding hydrogens is 296 g/mol. The van der Waals surface area contributed by atoms with Gasteiger partial charge in [-0.25, -0.2) is 4.99 Å². The van der Waals surface area contributed by atoms with Gasteiger partial charge in [0.2, 0.25) is 16.2 Å². The van der Waals surface area contributed by atoms with Gasteiger partial charge in [0.05, 0.1) is 0 Å². The van der Waals surface area contributed by atoms with Crippen LogP contribution in [0.3, 0.4) is 0 Å². The summed E-state index contributed by atoms with van der Waals surface area (Å²) < 4.78 is 0. The molecule has 0 aliphatic rings. The second-order valence-electron chi connectivity index (χ2n) is 4.31. The zero-order valence-electron chi connectivity index (χ0n) is 11.0. The Morgan fingerprint density at radius 1 is 1.40 bits per heavy atom. The fourth-order valence-corrected chi connectivity index (χ4v) is 2.05. The predicted molar refractivity (Wildman–Crippen MR) is 82.1 cm³/mol. The fourth-order valence-electron chi connectivity index (χ4n) is 1.27. The summed E-state index contributed by atoms with van der Waals surface area (Å²) >= 11 is 7.23. The van der Waals surface area contributed by atoms with Gasteiger partial charge in [-0.3, -0.25) is 4.79 Å². The second-order valence-corrected chi connectivity index (χ2v) is 5.68. The summed E-state index contributed by atoms with van der Waals surface area (Å²) in [7, 11) is 0. The molecule has 2 aromatic rings. The van der Waals surface area contributed by atoms with Crippen LogP contribution in [0.25, 0.3) is 0 Å². The van der Waals surface area contributed by atoms with Gasteiger partial charge in [-0.15, -0.1) is 10.2 Å². The highest BCUT2D eigenvalue weighted by Crippen LogP contribution is 2.23. The molecule has 0 saturated carbocycles. The summed E-state index contributed by atoms with van der Waals surface area (Å²) in [5.74, 6) is -0.197. The quantitative estimate of drug-likeness (QED) is 0.878. The van der Waals surface area contributed by atoms with Crippen LogP contribution in [0.4, 0.5) is 10.3 Å². The number of halogens is 1. The molecular formula is C13H13ClN4OS. The van der Waals surface area contributed by atoms with Crippen molar-refractivity contribution in [3.63, 3.8) is 0 Å². The van der Waals surface area contributed by atoms with Gasteiger partial charge in [0.1, 0.15) is 0 Å². The van der Waals surface area contributed by atoms with Crippen LogP contribution in [0.1, 0.15) is 19.4 Å². The molecule has 2 rings (SSSR count). The Hall–Kier alpha value is -1.79. The Morgan fingerprint density at radius 3 is 2.85 bits per heavy atom. The van der Waals surface area contributed by atoms with Crippen molar-refractivity contribution < 1.29 is 4.79 Å². The van der Waals surface area contributed by atoms with Gasteiger partial charge in [0.15, 0.2) is 0 Å². The first-order valence-electron chi connectivity index (χ1n) is 5.99. The van der Waals surface area contributed by atoms with E-state index >= 15 is 0 Å². The maximum absolute atomic E-state index is 11.5. The average molecular weight is 309 g/mol. The third-order valence-corrected chi connectivity index (χ3v) is 3.48. The van der Waals surface area contributed by atoms with E-state index in [1.807, 2.05) is 32.0 Å². The van der Waals surface area contributed by atoms with Gasteiger partial charge in [0.25, 0.3) is 0 Å². The maximum Gasteiger partial charge on any atom is 0.233 e. The lowest BCUT2D eigenvalue weighted by molar-refractivity contribution is -0.118. The molecule has 1 aromatic heterocycles. The number of aromatic nitrogens is 2. The van der Waals surface area contributed by atoms with Crippen LogP contribution in [0, 0.1) is 5.92 Å². The SMILES string of the molecule is CC(C)C(=O)Nc1nnc(/N=C/c2ccccc2Cl)s1. The molecule has 7 heteroatoms. The number of nitrogens with one attached hydrogen (secondary N) is 1. The zero-order valence-corrected chi connectivity index (χ0v) is 12.6. The van der Waals surface area contributed by atoms with E-state index in [9.17, 15) is 4.79 Å². The van der Waals surface area contributed by atoms with Crippen molar-refractivity contribution in [1.82, 2.24) is 10.2 Å². The van der Waals surface area contributed by atoms with Gasteiger partial charge in [-0.05, 0) is 6.07 Å². The van der Waals surface area contributed by atoms with Crippen LogP contribution < -0.4 is 5.32 Å². The van der Waals surface area contributed by atoms with E-state index in [1.54, 1.807) is 12.3 Å². The lowest BCUT2D eigenvalue weighted by Crippen LogP contribution is -2.17. The molecule has 1 N–H and O–H groups in total. The van der Waals surface area contributed by atoms with E-state index in [-0.39, 0.29) is 11.8 Å². The fraction of sp³-hybridized carbons (Fsp3) is 0.231. The Bertz CT molecular complexity index is 639. The van der Waals surface area contributed by atoms with Gasteiger partial charge in [-0.1, -0.05) is 55.0 Å². The number of aliphatic imine (C=N–C) groups is 1. The van der Waals surface area contributed by atoms with Crippen molar-refractivity contribution in [2.24, 2.45) is 10.9 Å². The molecule has 0 fully saturated rings. The van der Waals surface area contributed by atoms with E-state index in [0.29, 0.717) is 15.3 Å². The topological polar surface area (TPSA) is 67.2 Å². The molecule has 0 aliphatic carbocycles. The van der Waals surface area contributed by atoms with Crippen LogP contribution in [-0.2, 0) is 4.79 Å². The van der Waals surface area contributed by atoms with E-state index in [2.05, 4.69) is 20.5 Å². The highest BCUT2D eigenvalue weighted by atomic mass is 35.5. The molecule has 0 atom stereocenters. The van der Waals surface area contributed by atoms with Crippen LogP contribution in [0.15, 0.2) is 29.3 Å². The Labute approximate surface area is 125 Å². The first kappa shape index (κ1) is 14.6. The molecule has 5 nitrogen and oxygen atoms in total. The molecule has 0 bridgehead atoms. The minimum atomic E-state index is -0.103. The number of rotatable bonds is 4. The molecule has 0 saturated heterocycles. The lowest BCUT2D eigenvalue weighted by atomic mass is 10.2. The molecule has 104 valence electrons. The molecule has 0 radical (unpaired) electrons. The molecule has 1 amide bonds. The first-order valence-corrected chi connectivity index (χ1v) is 7.18. The molecule has 20 heavy (non-hydrogen) atoms. The minimum Gasteiger partial charge on any atom is -0.300 e. The third-order valence-electron chi connectivity index (χ3n) is 2.39. The largest absolute Gasteiger partial charge is 0.300 e. The monoisotopic (exact) mass is 308 g/mol. The number of carbonyl (C=O) groups is 1. The number of nitrogens with zero attached hydrogens (tertiary/aromatic N) is 3. The molecule has 0 unspecified atom stereocenters. The number of hydrogen-bond acceptors (Lipinski definition) is 5. The standard InChI is InChI=1S/C13H13ClN4OS/c1-8(2)11(19)16-13-18-17-12(20-13)15-7-9-5-3-4-6-10(9)14/h3-8H,1-2H3,(H,16,18,19)/b15-7+. The van der Waals surface area contributed by atoms with E-state index in [1.165, 1.54) is 11.3 Å². The van der Waals surface area contributed by atoms with Crippen LogP contribution in [0.5, 0.6) is 0 Å². The average Bonchev–Trinajstić information content (AvgIpc) is 2.85. The summed E-state index contributed by atoms with van der Waals surface area (Å²) in [5, 5.41) is 11.9. The molecule has 0 aliphatic heterocycles. The van der Waals surface area contributed by atoms with Crippen LogP contribution in [0.2, 0.25) is 5.02 Å². The number of anilines is 1. The highest BCUT2D eigenvalue weighted by Gasteiger charge is 2.10. The molecule has 0 spiro atoms.